The van der Waals surface area contributed by atoms with Crippen LogP contribution in [0.25, 0.3) is 10.2 Å². The van der Waals surface area contributed by atoms with Crippen LogP contribution in [0.15, 0.2) is 48.9 Å². The summed E-state index contributed by atoms with van der Waals surface area (Å²) < 4.78 is 7.92. The number of rotatable bonds is 5. The number of benzene rings is 1. The van der Waals surface area contributed by atoms with E-state index in [1.54, 1.807) is 36.1 Å². The van der Waals surface area contributed by atoms with Gasteiger partial charge in [0, 0.05) is 37.3 Å². The summed E-state index contributed by atoms with van der Waals surface area (Å²) in [6.07, 6.45) is 5.29. The van der Waals surface area contributed by atoms with Gasteiger partial charge in [-0.05, 0) is 30.7 Å². The number of ether oxygens (including phenoxy) is 1. The number of pyridine rings is 1. The monoisotopic (exact) mass is 393 g/mol. The zero-order chi connectivity index (χ0) is 19.7. The minimum absolute atomic E-state index is 0.187. The highest BCUT2D eigenvalue weighted by atomic mass is 32.1. The Morgan fingerprint density at radius 3 is 2.86 bits per heavy atom. The van der Waals surface area contributed by atoms with Gasteiger partial charge in [0.05, 0.1) is 23.9 Å². The zero-order valence-corrected chi connectivity index (χ0v) is 16.6. The first-order valence-electron chi connectivity index (χ1n) is 8.71. The number of hydrogen-bond acceptors (Lipinski definition) is 6. The fourth-order valence-electron chi connectivity index (χ4n) is 2.98. The summed E-state index contributed by atoms with van der Waals surface area (Å²) in [6, 6.07) is 9.50. The molecule has 4 rings (SSSR count). The van der Waals surface area contributed by atoms with Crippen molar-refractivity contribution >= 4 is 32.6 Å². The number of amides is 1. The highest BCUT2D eigenvalue weighted by Crippen LogP contribution is 2.32. The quantitative estimate of drug-likeness (QED) is 0.518. The number of carbonyl (C=O) groups excluding carboxylic acids is 1. The highest BCUT2D eigenvalue weighted by Gasteiger charge is 2.25. The van der Waals surface area contributed by atoms with Gasteiger partial charge in [-0.3, -0.25) is 19.4 Å². The fourth-order valence-corrected chi connectivity index (χ4v) is 3.93. The Kier molecular flexibility index (Phi) is 4.79. The summed E-state index contributed by atoms with van der Waals surface area (Å²) in [5.41, 5.74) is 2.96. The van der Waals surface area contributed by atoms with Gasteiger partial charge in [0.25, 0.3) is 5.91 Å². The number of carbonyl (C=O) groups is 1. The van der Waals surface area contributed by atoms with Gasteiger partial charge in [0.1, 0.15) is 5.75 Å². The lowest BCUT2D eigenvalue weighted by molar-refractivity contribution is 0.0979. The Balaban J connectivity index is 1.78. The second kappa shape index (κ2) is 7.40. The molecule has 0 N–H and O–H groups in total. The molecule has 28 heavy (non-hydrogen) atoms. The number of thiazole rings is 1. The lowest BCUT2D eigenvalue weighted by Crippen LogP contribution is -2.31. The molecular formula is C20H19N5O2S. The summed E-state index contributed by atoms with van der Waals surface area (Å²) in [4.78, 5) is 23.9. The predicted octanol–water partition coefficient (Wildman–Crippen LogP) is 3.59. The normalized spacial score (nSPS) is 11.0. The summed E-state index contributed by atoms with van der Waals surface area (Å²) in [5, 5.41) is 4.96. The Morgan fingerprint density at radius 2 is 2.18 bits per heavy atom. The Bertz CT molecular complexity index is 1140. The van der Waals surface area contributed by atoms with Gasteiger partial charge in [0.15, 0.2) is 10.8 Å². The average Bonchev–Trinajstić information content (AvgIpc) is 3.27. The van der Waals surface area contributed by atoms with Crippen molar-refractivity contribution in [2.45, 2.75) is 13.5 Å². The van der Waals surface area contributed by atoms with Crippen LogP contribution in [0.1, 0.15) is 21.6 Å². The first-order chi connectivity index (χ1) is 13.5. The van der Waals surface area contributed by atoms with E-state index in [-0.39, 0.29) is 5.91 Å². The zero-order valence-electron chi connectivity index (χ0n) is 15.8. The highest BCUT2D eigenvalue weighted by molar-refractivity contribution is 7.22. The molecule has 0 unspecified atom stereocenters. The molecule has 3 heterocycles. The van der Waals surface area contributed by atoms with E-state index in [1.165, 1.54) is 11.3 Å². The van der Waals surface area contributed by atoms with Crippen molar-refractivity contribution in [3.05, 3.63) is 65.7 Å². The van der Waals surface area contributed by atoms with Gasteiger partial charge >= 0.3 is 0 Å². The summed E-state index contributed by atoms with van der Waals surface area (Å²) in [7, 11) is 3.43. The third kappa shape index (κ3) is 3.46. The van der Waals surface area contributed by atoms with Crippen molar-refractivity contribution in [3.8, 4) is 5.75 Å². The second-order valence-corrected chi connectivity index (χ2v) is 7.43. The molecular weight excluding hydrogens is 374 g/mol. The van der Waals surface area contributed by atoms with Crippen LogP contribution in [-0.4, -0.2) is 32.8 Å². The van der Waals surface area contributed by atoms with Crippen molar-refractivity contribution < 1.29 is 9.53 Å². The molecule has 0 radical (unpaired) electrons. The molecule has 3 aromatic heterocycles. The topological polar surface area (TPSA) is 73.1 Å². The number of anilines is 1. The maximum absolute atomic E-state index is 13.4. The molecule has 0 aliphatic rings. The van der Waals surface area contributed by atoms with Crippen LogP contribution < -0.4 is 9.64 Å². The molecule has 142 valence electrons. The molecule has 0 saturated heterocycles. The standard InChI is InChI=1S/C20H19N5O2S/c1-13-11-24(2)23-18(13)19(26)25(12-14-5-4-8-21-10-14)20-22-16-9-15(27-3)6-7-17(16)28-20/h4-11H,12H2,1-3H3. The van der Waals surface area contributed by atoms with Gasteiger partial charge in [-0.2, -0.15) is 5.10 Å². The van der Waals surface area contributed by atoms with E-state index in [4.69, 9.17) is 4.74 Å². The van der Waals surface area contributed by atoms with Gasteiger partial charge in [0.2, 0.25) is 0 Å². The van der Waals surface area contributed by atoms with Crippen molar-refractivity contribution in [1.29, 1.82) is 0 Å². The summed E-state index contributed by atoms with van der Waals surface area (Å²) in [6.45, 7) is 2.24. The van der Waals surface area contributed by atoms with E-state index in [0.717, 1.165) is 27.1 Å². The van der Waals surface area contributed by atoms with E-state index < -0.39 is 0 Å². The molecule has 1 aromatic carbocycles. The van der Waals surface area contributed by atoms with Crippen LogP contribution in [0, 0.1) is 6.92 Å². The van der Waals surface area contributed by atoms with E-state index >= 15 is 0 Å². The number of methoxy groups -OCH3 is 1. The van der Waals surface area contributed by atoms with E-state index in [9.17, 15) is 4.79 Å². The molecule has 0 atom stereocenters. The lowest BCUT2D eigenvalue weighted by atomic mass is 10.2. The van der Waals surface area contributed by atoms with Crippen molar-refractivity contribution in [2.24, 2.45) is 7.05 Å². The Morgan fingerprint density at radius 1 is 1.32 bits per heavy atom. The van der Waals surface area contributed by atoms with E-state index in [2.05, 4.69) is 15.1 Å². The van der Waals surface area contributed by atoms with Crippen LogP contribution >= 0.6 is 11.3 Å². The van der Waals surface area contributed by atoms with E-state index in [0.29, 0.717) is 17.4 Å². The summed E-state index contributed by atoms with van der Waals surface area (Å²) in [5.74, 6) is 0.544. The number of fused-ring (bicyclic) bond motifs is 1. The predicted molar refractivity (Wildman–Crippen MR) is 109 cm³/mol. The lowest BCUT2D eigenvalue weighted by Gasteiger charge is -2.19. The maximum atomic E-state index is 13.4. The van der Waals surface area contributed by atoms with E-state index in [1.807, 2.05) is 43.5 Å². The SMILES string of the molecule is COc1ccc2sc(N(Cc3cccnc3)C(=O)c3nn(C)cc3C)nc2c1. The number of nitrogens with zero attached hydrogens (tertiary/aromatic N) is 5. The Labute approximate surface area is 166 Å². The van der Waals surface area contributed by atoms with Crippen molar-refractivity contribution in [2.75, 3.05) is 12.0 Å². The largest absolute Gasteiger partial charge is 0.497 e. The third-order valence-electron chi connectivity index (χ3n) is 4.34. The third-order valence-corrected chi connectivity index (χ3v) is 5.40. The van der Waals surface area contributed by atoms with Crippen LogP contribution in [0.5, 0.6) is 5.75 Å². The number of hydrogen-bond donors (Lipinski definition) is 0. The minimum atomic E-state index is -0.187. The van der Waals surface area contributed by atoms with Crippen molar-refractivity contribution in [1.82, 2.24) is 19.7 Å². The van der Waals surface area contributed by atoms with Gasteiger partial charge in [-0.25, -0.2) is 4.98 Å². The smallest absolute Gasteiger partial charge is 0.281 e. The molecule has 0 bridgehead atoms. The Hall–Kier alpha value is -3.26. The molecule has 8 heteroatoms. The van der Waals surface area contributed by atoms with Gasteiger partial charge in [-0.15, -0.1) is 0 Å². The molecule has 1 amide bonds. The van der Waals surface area contributed by atoms with Crippen LogP contribution in [0.2, 0.25) is 0 Å². The van der Waals surface area contributed by atoms with Crippen LogP contribution in [0.3, 0.4) is 0 Å². The molecule has 0 fully saturated rings. The first-order valence-corrected chi connectivity index (χ1v) is 9.52. The second-order valence-electron chi connectivity index (χ2n) is 6.42. The molecule has 0 aliphatic carbocycles. The molecule has 0 saturated carbocycles. The molecule has 0 spiro atoms. The van der Waals surface area contributed by atoms with Gasteiger partial charge < -0.3 is 4.74 Å². The molecule has 7 nitrogen and oxygen atoms in total. The van der Waals surface area contributed by atoms with Crippen molar-refractivity contribution in [3.63, 3.8) is 0 Å². The van der Waals surface area contributed by atoms with Crippen LogP contribution in [-0.2, 0) is 13.6 Å². The number of aryl methyl sites for hydroxylation is 2. The summed E-state index contributed by atoms with van der Waals surface area (Å²) >= 11 is 1.46. The maximum Gasteiger partial charge on any atom is 0.281 e. The minimum Gasteiger partial charge on any atom is -0.497 e. The molecule has 0 aliphatic heterocycles. The molecule has 4 aromatic rings. The van der Waals surface area contributed by atoms with Gasteiger partial charge in [-0.1, -0.05) is 17.4 Å². The first kappa shape index (κ1) is 18.1. The average molecular weight is 393 g/mol. The van der Waals surface area contributed by atoms with Crippen LogP contribution in [0.4, 0.5) is 5.13 Å². The fraction of sp³-hybridized carbons (Fsp3) is 0.200. The number of aromatic nitrogens is 4.